The van der Waals surface area contributed by atoms with Gasteiger partial charge in [0.25, 0.3) is 0 Å². The summed E-state index contributed by atoms with van der Waals surface area (Å²) in [6.07, 6.45) is 0.610. The van der Waals surface area contributed by atoms with Crippen LogP contribution in [0.25, 0.3) is 0 Å². The number of hydrogen-bond donors (Lipinski definition) is 2. The zero-order chi connectivity index (χ0) is 13.8. The Hall–Kier alpha value is -1.23. The van der Waals surface area contributed by atoms with Crippen molar-refractivity contribution in [1.82, 2.24) is 0 Å². The van der Waals surface area contributed by atoms with Crippen molar-refractivity contribution in [3.63, 3.8) is 0 Å². The molecule has 0 fully saturated rings. The van der Waals surface area contributed by atoms with Gasteiger partial charge in [-0.25, -0.2) is 8.42 Å². The van der Waals surface area contributed by atoms with Crippen LogP contribution in [0.3, 0.4) is 0 Å². The first-order valence-corrected chi connectivity index (χ1v) is 7.76. The monoisotopic (exact) mass is 270 g/mol. The molecule has 0 aliphatic carbocycles. The Bertz CT molecular complexity index is 473. The second kappa shape index (κ2) is 5.61. The lowest BCUT2D eigenvalue weighted by Crippen LogP contribution is -2.25. The summed E-state index contributed by atoms with van der Waals surface area (Å²) in [6, 6.07) is 7.27. The van der Waals surface area contributed by atoms with Gasteiger partial charge < -0.3 is 5.32 Å². The summed E-state index contributed by atoms with van der Waals surface area (Å²) in [4.78, 5) is 0. The molecule has 0 saturated carbocycles. The maximum Gasteiger partial charge on any atom is 0.232 e. The van der Waals surface area contributed by atoms with Crippen LogP contribution in [-0.2, 0) is 10.0 Å². The van der Waals surface area contributed by atoms with Crippen LogP contribution in [-0.4, -0.2) is 19.7 Å². The highest BCUT2D eigenvalue weighted by atomic mass is 32.2. The van der Waals surface area contributed by atoms with E-state index in [1.807, 2.05) is 19.1 Å². The summed E-state index contributed by atoms with van der Waals surface area (Å²) in [6.45, 7) is 8.07. The van der Waals surface area contributed by atoms with Crippen molar-refractivity contribution in [1.29, 1.82) is 0 Å². The lowest BCUT2D eigenvalue weighted by Gasteiger charge is -2.22. The van der Waals surface area contributed by atoms with Gasteiger partial charge in [-0.3, -0.25) is 4.72 Å². The van der Waals surface area contributed by atoms with E-state index in [0.717, 1.165) is 5.69 Å². The fourth-order valence-corrected chi connectivity index (χ4v) is 2.69. The minimum absolute atomic E-state index is 0.0107. The van der Waals surface area contributed by atoms with Crippen LogP contribution >= 0.6 is 0 Å². The molecule has 1 aromatic carbocycles. The average molecular weight is 270 g/mol. The van der Waals surface area contributed by atoms with Crippen molar-refractivity contribution in [3.8, 4) is 0 Å². The van der Waals surface area contributed by atoms with E-state index < -0.39 is 10.0 Å². The van der Waals surface area contributed by atoms with Crippen molar-refractivity contribution in [2.24, 2.45) is 0 Å². The van der Waals surface area contributed by atoms with Gasteiger partial charge in [-0.15, -0.1) is 0 Å². The minimum Gasteiger partial charge on any atom is -0.380 e. The molecule has 0 spiro atoms. The Morgan fingerprint density at radius 2 is 1.56 bits per heavy atom. The topological polar surface area (TPSA) is 58.2 Å². The van der Waals surface area contributed by atoms with E-state index in [1.165, 1.54) is 0 Å². The van der Waals surface area contributed by atoms with Gasteiger partial charge in [0.1, 0.15) is 0 Å². The Balaban J connectivity index is 2.72. The van der Waals surface area contributed by atoms with E-state index in [0.29, 0.717) is 12.1 Å². The summed E-state index contributed by atoms with van der Waals surface area (Å²) in [5.74, 6) is 0.148. The first-order chi connectivity index (χ1) is 8.22. The molecule has 1 aromatic rings. The fourth-order valence-electron chi connectivity index (χ4n) is 1.55. The molecular weight excluding hydrogens is 248 g/mol. The summed E-state index contributed by atoms with van der Waals surface area (Å²) >= 11 is 0. The quantitative estimate of drug-likeness (QED) is 0.864. The number of hydrogen-bond acceptors (Lipinski definition) is 3. The van der Waals surface area contributed by atoms with E-state index in [4.69, 9.17) is 0 Å². The Morgan fingerprint density at radius 3 is 2.00 bits per heavy atom. The first kappa shape index (κ1) is 14.8. The van der Waals surface area contributed by atoms with E-state index in [9.17, 15) is 8.42 Å². The molecule has 4 nitrogen and oxygen atoms in total. The van der Waals surface area contributed by atoms with Crippen molar-refractivity contribution >= 4 is 21.4 Å². The number of sulfonamides is 1. The summed E-state index contributed by atoms with van der Waals surface area (Å²) in [7, 11) is -3.20. The third kappa shape index (κ3) is 5.40. The van der Waals surface area contributed by atoms with E-state index >= 15 is 0 Å². The molecule has 0 radical (unpaired) electrons. The van der Waals surface area contributed by atoms with Gasteiger partial charge in [0.2, 0.25) is 10.0 Å². The summed E-state index contributed by atoms with van der Waals surface area (Å²) in [5, 5.41) is 3.32. The minimum atomic E-state index is -3.20. The third-order valence-corrected chi connectivity index (χ3v) is 3.64. The van der Waals surface area contributed by atoms with Crippen LogP contribution in [0.15, 0.2) is 24.3 Å². The van der Waals surface area contributed by atoms with Crippen LogP contribution in [0, 0.1) is 0 Å². The normalized spacial score (nSPS) is 12.2. The standard InChI is InChI=1S/C13H22N2O2S/c1-5-10-18(16,17)15-12-8-6-11(7-9-12)14-13(2,3)4/h6-9,14-15H,5,10H2,1-4H3. The van der Waals surface area contributed by atoms with Crippen molar-refractivity contribution in [3.05, 3.63) is 24.3 Å². The molecule has 5 heteroatoms. The molecular formula is C13H22N2O2S. The van der Waals surface area contributed by atoms with Crippen molar-refractivity contribution in [2.75, 3.05) is 15.8 Å². The largest absolute Gasteiger partial charge is 0.380 e. The Morgan fingerprint density at radius 1 is 1.06 bits per heavy atom. The van der Waals surface area contributed by atoms with Gasteiger partial charge in [0.05, 0.1) is 5.75 Å². The molecule has 1 rings (SSSR count). The molecule has 0 saturated heterocycles. The Kier molecular flexibility index (Phi) is 4.62. The predicted molar refractivity (Wildman–Crippen MR) is 77.5 cm³/mol. The summed E-state index contributed by atoms with van der Waals surface area (Å²) < 4.78 is 25.7. The molecule has 18 heavy (non-hydrogen) atoms. The van der Waals surface area contributed by atoms with Crippen LogP contribution in [0.5, 0.6) is 0 Å². The zero-order valence-electron chi connectivity index (χ0n) is 11.4. The molecule has 0 aliphatic rings. The molecule has 0 aliphatic heterocycles. The van der Waals surface area contributed by atoms with Crippen LogP contribution in [0.4, 0.5) is 11.4 Å². The highest BCUT2D eigenvalue weighted by Crippen LogP contribution is 2.18. The third-order valence-electron chi connectivity index (χ3n) is 2.15. The SMILES string of the molecule is CCCS(=O)(=O)Nc1ccc(NC(C)(C)C)cc1. The van der Waals surface area contributed by atoms with Gasteiger partial charge in [-0.1, -0.05) is 6.92 Å². The van der Waals surface area contributed by atoms with Gasteiger partial charge in [0, 0.05) is 16.9 Å². The van der Waals surface area contributed by atoms with Gasteiger partial charge in [-0.2, -0.15) is 0 Å². The molecule has 0 aromatic heterocycles. The molecule has 0 unspecified atom stereocenters. The average Bonchev–Trinajstić information content (AvgIpc) is 2.18. The maximum atomic E-state index is 11.6. The molecule has 0 heterocycles. The number of rotatable bonds is 5. The highest BCUT2D eigenvalue weighted by Gasteiger charge is 2.10. The second-order valence-corrected chi connectivity index (χ2v) is 7.22. The van der Waals surface area contributed by atoms with Gasteiger partial charge in [0.15, 0.2) is 0 Å². The van der Waals surface area contributed by atoms with Crippen molar-refractivity contribution < 1.29 is 8.42 Å². The van der Waals surface area contributed by atoms with E-state index in [-0.39, 0.29) is 11.3 Å². The molecule has 0 bridgehead atoms. The van der Waals surface area contributed by atoms with Crippen LogP contribution in [0.1, 0.15) is 34.1 Å². The zero-order valence-corrected chi connectivity index (χ0v) is 12.3. The molecule has 2 N–H and O–H groups in total. The first-order valence-electron chi connectivity index (χ1n) is 6.10. The van der Waals surface area contributed by atoms with E-state index in [2.05, 4.69) is 30.8 Å². The van der Waals surface area contributed by atoms with E-state index in [1.54, 1.807) is 12.1 Å². The van der Waals surface area contributed by atoms with Crippen LogP contribution in [0.2, 0.25) is 0 Å². The number of benzene rings is 1. The predicted octanol–water partition coefficient (Wildman–Crippen LogP) is 3.05. The fraction of sp³-hybridized carbons (Fsp3) is 0.538. The summed E-state index contributed by atoms with van der Waals surface area (Å²) in [5.41, 5.74) is 1.56. The lowest BCUT2D eigenvalue weighted by molar-refractivity contribution is 0.600. The van der Waals surface area contributed by atoms with Crippen molar-refractivity contribution in [2.45, 2.75) is 39.7 Å². The molecule has 102 valence electrons. The number of nitrogens with one attached hydrogen (secondary N) is 2. The van der Waals surface area contributed by atoms with Gasteiger partial charge >= 0.3 is 0 Å². The molecule has 0 amide bonds. The molecule has 0 atom stereocenters. The second-order valence-electron chi connectivity index (χ2n) is 5.37. The lowest BCUT2D eigenvalue weighted by atomic mass is 10.1. The Labute approximate surface area is 110 Å². The number of anilines is 2. The smallest absolute Gasteiger partial charge is 0.232 e. The van der Waals surface area contributed by atoms with Crippen LogP contribution < -0.4 is 10.0 Å². The highest BCUT2D eigenvalue weighted by molar-refractivity contribution is 7.92. The maximum absolute atomic E-state index is 11.6. The van der Waals surface area contributed by atoms with Gasteiger partial charge in [-0.05, 0) is 51.5 Å².